The van der Waals surface area contributed by atoms with Gasteiger partial charge in [0.2, 0.25) is 0 Å². The van der Waals surface area contributed by atoms with Gasteiger partial charge in [-0.05, 0) is 55.8 Å². The molecule has 0 aliphatic heterocycles. The van der Waals surface area contributed by atoms with Gasteiger partial charge in [0.05, 0.1) is 0 Å². The summed E-state index contributed by atoms with van der Waals surface area (Å²) >= 11 is 0. The molecule has 3 heteroatoms. The highest BCUT2D eigenvalue weighted by Crippen LogP contribution is 2.17. The molecule has 1 amide bonds. The summed E-state index contributed by atoms with van der Waals surface area (Å²) in [4.78, 5) is 12.1. The Bertz CT molecular complexity index is 645. The quantitative estimate of drug-likeness (QED) is 0.834. The first-order valence-electron chi connectivity index (χ1n) is 6.80. The number of carbonyl (C=O) groups is 1. The maximum absolute atomic E-state index is 12.1. The van der Waals surface area contributed by atoms with E-state index in [0.29, 0.717) is 12.2 Å². The third kappa shape index (κ3) is 4.49. The molecule has 0 saturated heterocycles. The molecule has 0 unspecified atom stereocenters. The number of hydrogen-bond acceptors (Lipinski definition) is 2. The Morgan fingerprint density at radius 3 is 2.52 bits per heavy atom. The molecule has 2 aromatic rings. The zero-order chi connectivity index (χ0) is 15.2. The maximum atomic E-state index is 12.1. The molecule has 0 fully saturated rings. The Hall–Kier alpha value is -2.55. The summed E-state index contributed by atoms with van der Waals surface area (Å²) in [6.07, 6.45) is 0. The molecule has 21 heavy (non-hydrogen) atoms. The molecule has 0 aliphatic carbocycles. The van der Waals surface area contributed by atoms with Crippen LogP contribution >= 0.6 is 0 Å². The Labute approximate surface area is 125 Å². The smallest absolute Gasteiger partial charge is 0.255 e. The van der Waals surface area contributed by atoms with Gasteiger partial charge in [-0.2, -0.15) is 0 Å². The highest BCUT2D eigenvalue weighted by Gasteiger charge is 2.06. The van der Waals surface area contributed by atoms with Gasteiger partial charge in [0.25, 0.3) is 5.91 Å². The highest BCUT2D eigenvalue weighted by atomic mass is 16.5. The van der Waals surface area contributed by atoms with E-state index in [2.05, 4.69) is 11.9 Å². The first-order chi connectivity index (χ1) is 10.0. The molecular formula is C18H19NO2. The molecule has 3 nitrogen and oxygen atoms in total. The topological polar surface area (TPSA) is 38.3 Å². The summed E-state index contributed by atoms with van der Waals surface area (Å²) in [6.45, 7) is 8.16. The van der Waals surface area contributed by atoms with Crippen LogP contribution in [0.15, 0.2) is 60.7 Å². The fourth-order valence-corrected chi connectivity index (χ4v) is 1.83. The number of hydrogen-bond donors (Lipinski definition) is 1. The third-order valence-corrected chi connectivity index (χ3v) is 2.88. The van der Waals surface area contributed by atoms with Crippen molar-refractivity contribution in [1.82, 2.24) is 0 Å². The van der Waals surface area contributed by atoms with E-state index in [1.54, 1.807) is 6.07 Å². The number of ether oxygens (including phenoxy) is 1. The summed E-state index contributed by atoms with van der Waals surface area (Å²) in [5, 5.41) is 2.87. The SMILES string of the molecule is C=C(C)COc1ccc(NC(=O)c2cccc(C)c2)cc1. The van der Waals surface area contributed by atoms with Gasteiger partial charge in [-0.3, -0.25) is 4.79 Å². The summed E-state index contributed by atoms with van der Waals surface area (Å²) in [6, 6.07) is 14.8. The molecular weight excluding hydrogens is 262 g/mol. The van der Waals surface area contributed by atoms with E-state index in [1.807, 2.05) is 56.3 Å². The first-order valence-corrected chi connectivity index (χ1v) is 6.80. The largest absolute Gasteiger partial charge is 0.489 e. The number of rotatable bonds is 5. The predicted octanol–water partition coefficient (Wildman–Crippen LogP) is 4.20. The minimum atomic E-state index is -0.116. The average molecular weight is 281 g/mol. The van der Waals surface area contributed by atoms with Crippen molar-refractivity contribution < 1.29 is 9.53 Å². The Morgan fingerprint density at radius 2 is 1.90 bits per heavy atom. The highest BCUT2D eigenvalue weighted by molar-refractivity contribution is 6.04. The molecule has 0 aromatic heterocycles. The van der Waals surface area contributed by atoms with E-state index in [0.717, 1.165) is 22.6 Å². The van der Waals surface area contributed by atoms with Crippen LogP contribution < -0.4 is 10.1 Å². The molecule has 0 aliphatic rings. The van der Waals surface area contributed by atoms with Crippen LogP contribution in [0.3, 0.4) is 0 Å². The van der Waals surface area contributed by atoms with Crippen LogP contribution in [0.25, 0.3) is 0 Å². The predicted molar refractivity (Wildman–Crippen MR) is 85.9 cm³/mol. The summed E-state index contributed by atoms with van der Waals surface area (Å²) in [7, 11) is 0. The standard InChI is InChI=1S/C18H19NO2/c1-13(2)12-21-17-9-7-16(8-10-17)19-18(20)15-6-4-5-14(3)11-15/h4-11H,1,12H2,2-3H3,(H,19,20). The zero-order valence-electron chi connectivity index (χ0n) is 12.3. The van der Waals surface area contributed by atoms with E-state index in [9.17, 15) is 4.79 Å². The van der Waals surface area contributed by atoms with E-state index < -0.39 is 0 Å². The summed E-state index contributed by atoms with van der Waals surface area (Å²) < 4.78 is 5.52. The van der Waals surface area contributed by atoms with Crippen LogP contribution in [0, 0.1) is 6.92 Å². The number of amides is 1. The van der Waals surface area contributed by atoms with Gasteiger partial charge in [0.15, 0.2) is 0 Å². The molecule has 2 aromatic carbocycles. The first kappa shape index (κ1) is 14.9. The normalized spacial score (nSPS) is 10.0. The minimum Gasteiger partial charge on any atom is -0.489 e. The van der Waals surface area contributed by atoms with Crippen molar-refractivity contribution in [3.05, 3.63) is 71.8 Å². The van der Waals surface area contributed by atoms with E-state index in [1.165, 1.54) is 0 Å². The molecule has 0 heterocycles. The van der Waals surface area contributed by atoms with Gasteiger partial charge in [0, 0.05) is 11.3 Å². The van der Waals surface area contributed by atoms with E-state index in [-0.39, 0.29) is 5.91 Å². The molecule has 0 bridgehead atoms. The Morgan fingerprint density at radius 1 is 1.19 bits per heavy atom. The van der Waals surface area contributed by atoms with Crippen molar-refractivity contribution in [3.8, 4) is 5.75 Å². The maximum Gasteiger partial charge on any atom is 0.255 e. The zero-order valence-corrected chi connectivity index (χ0v) is 12.3. The van der Waals surface area contributed by atoms with Crippen molar-refractivity contribution in [2.24, 2.45) is 0 Å². The van der Waals surface area contributed by atoms with Gasteiger partial charge >= 0.3 is 0 Å². The van der Waals surface area contributed by atoms with Crippen molar-refractivity contribution >= 4 is 11.6 Å². The number of aryl methyl sites for hydroxylation is 1. The van der Waals surface area contributed by atoms with Crippen LogP contribution in [0.2, 0.25) is 0 Å². The molecule has 0 atom stereocenters. The second-order valence-corrected chi connectivity index (χ2v) is 5.09. The van der Waals surface area contributed by atoms with Gasteiger partial charge < -0.3 is 10.1 Å². The molecule has 2 rings (SSSR count). The van der Waals surface area contributed by atoms with Crippen LogP contribution in [0.5, 0.6) is 5.75 Å². The van der Waals surface area contributed by atoms with Gasteiger partial charge in [0.1, 0.15) is 12.4 Å². The fraction of sp³-hybridized carbons (Fsp3) is 0.167. The fourth-order valence-electron chi connectivity index (χ4n) is 1.83. The number of benzene rings is 2. The third-order valence-electron chi connectivity index (χ3n) is 2.88. The van der Waals surface area contributed by atoms with Crippen LogP contribution in [-0.2, 0) is 0 Å². The Kier molecular flexibility index (Phi) is 4.77. The molecule has 1 N–H and O–H groups in total. The molecule has 0 spiro atoms. The lowest BCUT2D eigenvalue weighted by molar-refractivity contribution is 0.102. The van der Waals surface area contributed by atoms with Crippen LogP contribution in [0.4, 0.5) is 5.69 Å². The van der Waals surface area contributed by atoms with Crippen molar-refractivity contribution in [3.63, 3.8) is 0 Å². The minimum absolute atomic E-state index is 0.116. The van der Waals surface area contributed by atoms with Crippen molar-refractivity contribution in [2.75, 3.05) is 11.9 Å². The average Bonchev–Trinajstić information content (AvgIpc) is 2.46. The molecule has 0 saturated carbocycles. The van der Waals surface area contributed by atoms with Gasteiger partial charge in [-0.25, -0.2) is 0 Å². The number of anilines is 1. The number of nitrogens with one attached hydrogen (secondary N) is 1. The summed E-state index contributed by atoms with van der Waals surface area (Å²) in [5.41, 5.74) is 3.42. The number of carbonyl (C=O) groups excluding carboxylic acids is 1. The second-order valence-electron chi connectivity index (χ2n) is 5.09. The van der Waals surface area contributed by atoms with Crippen molar-refractivity contribution in [1.29, 1.82) is 0 Å². The lowest BCUT2D eigenvalue weighted by Gasteiger charge is -2.08. The van der Waals surface area contributed by atoms with E-state index >= 15 is 0 Å². The monoisotopic (exact) mass is 281 g/mol. The van der Waals surface area contributed by atoms with Crippen molar-refractivity contribution in [2.45, 2.75) is 13.8 Å². The summed E-state index contributed by atoms with van der Waals surface area (Å²) in [5.74, 6) is 0.640. The van der Waals surface area contributed by atoms with Crippen LogP contribution in [-0.4, -0.2) is 12.5 Å². The lowest BCUT2D eigenvalue weighted by Crippen LogP contribution is -2.11. The van der Waals surface area contributed by atoms with Gasteiger partial charge in [-0.15, -0.1) is 0 Å². The lowest BCUT2D eigenvalue weighted by atomic mass is 10.1. The molecule has 0 radical (unpaired) electrons. The van der Waals surface area contributed by atoms with E-state index in [4.69, 9.17) is 4.74 Å². The molecule has 108 valence electrons. The Balaban J connectivity index is 2.00. The van der Waals surface area contributed by atoms with Gasteiger partial charge in [-0.1, -0.05) is 24.3 Å². The second kappa shape index (κ2) is 6.75. The van der Waals surface area contributed by atoms with Crippen LogP contribution in [0.1, 0.15) is 22.8 Å².